The molecule has 122 valence electrons. The van der Waals surface area contributed by atoms with Gasteiger partial charge in [-0.05, 0) is 24.7 Å². The topological polar surface area (TPSA) is 57.5 Å². The normalized spacial score (nSPS) is 28.6. The first-order valence-electron chi connectivity index (χ1n) is 6.35. The summed E-state index contributed by atoms with van der Waals surface area (Å²) in [7, 11) is 0. The number of ketones is 1. The van der Waals surface area contributed by atoms with Crippen LogP contribution in [0.4, 0.5) is 22.0 Å². The quantitative estimate of drug-likeness (QED) is 0.478. The minimum absolute atomic E-state index is 0.0917. The average molecular weight is 316 g/mol. The maximum Gasteiger partial charge on any atom is 0.450 e. The van der Waals surface area contributed by atoms with Crippen LogP contribution < -0.4 is 0 Å². The number of Topliss-reactive ketones (excluding diaryl/α,β-unsaturated/α-hetero) is 1. The number of hydrogen-bond acceptors (Lipinski definition) is 3. The SMILES string of the molecule is C=C1C(C)CC(C(=O)C(F)(F)C(O)(O)C(F)(F)F)C[C@H]1C. The van der Waals surface area contributed by atoms with Gasteiger partial charge in [-0.1, -0.05) is 26.0 Å². The van der Waals surface area contributed by atoms with Crippen molar-refractivity contribution >= 4 is 5.78 Å². The summed E-state index contributed by atoms with van der Waals surface area (Å²) in [5, 5.41) is 17.4. The molecule has 0 heterocycles. The fraction of sp³-hybridized carbons (Fsp3) is 0.769. The molecule has 0 aromatic heterocycles. The molecule has 0 aromatic carbocycles. The first kappa shape index (κ1) is 18.0. The van der Waals surface area contributed by atoms with Crippen LogP contribution in [0.1, 0.15) is 26.7 Å². The lowest BCUT2D eigenvalue weighted by Gasteiger charge is -2.37. The minimum atomic E-state index is -6.04. The third kappa shape index (κ3) is 2.96. The van der Waals surface area contributed by atoms with Gasteiger partial charge in [-0.25, -0.2) is 0 Å². The lowest BCUT2D eigenvalue weighted by molar-refractivity contribution is -0.405. The molecule has 0 radical (unpaired) electrons. The van der Waals surface area contributed by atoms with Gasteiger partial charge in [0.25, 0.3) is 0 Å². The third-order valence-corrected chi connectivity index (χ3v) is 4.06. The van der Waals surface area contributed by atoms with Crippen LogP contribution in [0.15, 0.2) is 12.2 Å². The largest absolute Gasteiger partial charge is 0.450 e. The third-order valence-electron chi connectivity index (χ3n) is 4.06. The van der Waals surface area contributed by atoms with Crippen molar-refractivity contribution in [2.45, 2.75) is 44.6 Å². The number of alkyl halides is 5. The molecule has 8 heteroatoms. The Morgan fingerprint density at radius 3 is 1.81 bits per heavy atom. The van der Waals surface area contributed by atoms with E-state index in [1.807, 2.05) is 0 Å². The lowest BCUT2D eigenvalue weighted by atomic mass is 9.71. The Hall–Kier alpha value is -1.02. The highest BCUT2D eigenvalue weighted by atomic mass is 19.4. The zero-order valence-corrected chi connectivity index (χ0v) is 11.5. The van der Waals surface area contributed by atoms with Crippen LogP contribution in [0.5, 0.6) is 0 Å². The van der Waals surface area contributed by atoms with Gasteiger partial charge in [0, 0.05) is 5.92 Å². The van der Waals surface area contributed by atoms with E-state index in [4.69, 9.17) is 10.2 Å². The van der Waals surface area contributed by atoms with Crippen LogP contribution in [-0.4, -0.2) is 33.9 Å². The summed E-state index contributed by atoms with van der Waals surface area (Å²) in [6.45, 7) is 7.00. The van der Waals surface area contributed by atoms with E-state index in [1.165, 1.54) is 0 Å². The molecule has 1 rings (SSSR count). The van der Waals surface area contributed by atoms with Crippen molar-refractivity contribution in [1.29, 1.82) is 0 Å². The van der Waals surface area contributed by atoms with E-state index < -0.39 is 29.6 Å². The standard InChI is InChI=1S/C13H17F5O3/c1-6-4-9(5-7(2)8(6)3)10(19)11(14,15)12(20,21)13(16,17)18/h6-7,9,20-21H,3-5H2,1-2H3/t6-,7?,9?/m1/s1. The Labute approximate surface area is 118 Å². The van der Waals surface area contributed by atoms with E-state index >= 15 is 0 Å². The number of allylic oxidation sites excluding steroid dienone is 1. The van der Waals surface area contributed by atoms with Crippen LogP contribution in [0.3, 0.4) is 0 Å². The molecule has 1 saturated carbocycles. The molecule has 0 spiro atoms. The fourth-order valence-electron chi connectivity index (χ4n) is 2.56. The Kier molecular flexibility index (Phi) is 4.56. The van der Waals surface area contributed by atoms with E-state index in [0.717, 1.165) is 5.57 Å². The van der Waals surface area contributed by atoms with Crippen molar-refractivity contribution in [2.24, 2.45) is 17.8 Å². The second kappa shape index (κ2) is 5.31. The summed E-state index contributed by atoms with van der Waals surface area (Å²) >= 11 is 0. The first-order valence-corrected chi connectivity index (χ1v) is 6.35. The molecule has 0 aromatic rings. The summed E-state index contributed by atoms with van der Waals surface area (Å²) in [6.07, 6.45) is -6.22. The molecule has 0 saturated heterocycles. The van der Waals surface area contributed by atoms with E-state index in [-0.39, 0.29) is 24.7 Å². The molecule has 0 bridgehead atoms. The molecular formula is C13H17F5O3. The van der Waals surface area contributed by atoms with Gasteiger partial charge in [-0.2, -0.15) is 22.0 Å². The molecule has 2 N–H and O–H groups in total. The fourth-order valence-corrected chi connectivity index (χ4v) is 2.56. The molecule has 1 fully saturated rings. The smallest absolute Gasteiger partial charge is 0.354 e. The monoisotopic (exact) mass is 316 g/mol. The highest BCUT2D eigenvalue weighted by molar-refractivity contribution is 5.89. The molecule has 1 aliphatic rings. The summed E-state index contributed by atoms with van der Waals surface area (Å²) in [4.78, 5) is 11.7. The van der Waals surface area contributed by atoms with Gasteiger partial charge in [0.05, 0.1) is 0 Å². The summed E-state index contributed by atoms with van der Waals surface area (Å²) in [6, 6.07) is 0. The molecule has 0 amide bonds. The highest BCUT2D eigenvalue weighted by Crippen LogP contribution is 2.45. The van der Waals surface area contributed by atoms with Crippen molar-refractivity contribution in [2.75, 3.05) is 0 Å². The molecule has 3 nitrogen and oxygen atoms in total. The van der Waals surface area contributed by atoms with Crippen LogP contribution in [0.2, 0.25) is 0 Å². The Morgan fingerprint density at radius 2 is 1.48 bits per heavy atom. The summed E-state index contributed by atoms with van der Waals surface area (Å²) < 4.78 is 64.2. The van der Waals surface area contributed by atoms with Crippen LogP contribution >= 0.6 is 0 Å². The predicted molar refractivity (Wildman–Crippen MR) is 63.4 cm³/mol. The van der Waals surface area contributed by atoms with E-state index in [1.54, 1.807) is 13.8 Å². The Balaban J connectivity index is 3.05. The molecule has 1 aliphatic carbocycles. The summed E-state index contributed by atoms with van der Waals surface area (Å²) in [5.41, 5.74) is 0.734. The number of carbonyl (C=O) groups excluding carboxylic acids is 1. The van der Waals surface area contributed by atoms with Crippen molar-refractivity contribution < 1.29 is 37.0 Å². The van der Waals surface area contributed by atoms with Crippen molar-refractivity contribution in [3.8, 4) is 0 Å². The van der Waals surface area contributed by atoms with Crippen molar-refractivity contribution in [1.82, 2.24) is 0 Å². The van der Waals surface area contributed by atoms with Gasteiger partial charge in [-0.15, -0.1) is 0 Å². The van der Waals surface area contributed by atoms with Gasteiger partial charge in [0.1, 0.15) is 0 Å². The average Bonchev–Trinajstić information content (AvgIpc) is 2.32. The molecule has 21 heavy (non-hydrogen) atoms. The number of carbonyl (C=O) groups is 1. The maximum atomic E-state index is 13.6. The van der Waals surface area contributed by atoms with Crippen LogP contribution in [0, 0.1) is 17.8 Å². The van der Waals surface area contributed by atoms with Crippen LogP contribution in [0.25, 0.3) is 0 Å². The molecule has 3 atom stereocenters. The molecule has 2 unspecified atom stereocenters. The first-order chi connectivity index (χ1) is 9.23. The van der Waals surface area contributed by atoms with E-state index in [0.29, 0.717) is 0 Å². The second-order valence-corrected chi connectivity index (χ2v) is 5.65. The van der Waals surface area contributed by atoms with Gasteiger partial charge in [0.15, 0.2) is 0 Å². The number of aliphatic hydroxyl groups is 2. The van der Waals surface area contributed by atoms with E-state index in [2.05, 4.69) is 6.58 Å². The van der Waals surface area contributed by atoms with Crippen molar-refractivity contribution in [3.05, 3.63) is 12.2 Å². The minimum Gasteiger partial charge on any atom is -0.354 e. The van der Waals surface area contributed by atoms with Gasteiger partial charge in [-0.3, -0.25) is 4.79 Å². The van der Waals surface area contributed by atoms with Gasteiger partial charge in [0.2, 0.25) is 5.78 Å². The number of hydrogen-bond donors (Lipinski definition) is 2. The van der Waals surface area contributed by atoms with Crippen LogP contribution in [-0.2, 0) is 4.79 Å². The Bertz CT molecular complexity index is 428. The van der Waals surface area contributed by atoms with E-state index in [9.17, 15) is 26.7 Å². The van der Waals surface area contributed by atoms with Gasteiger partial charge >= 0.3 is 17.9 Å². The predicted octanol–water partition coefficient (Wildman–Crippen LogP) is 2.67. The number of rotatable bonds is 3. The Morgan fingerprint density at radius 1 is 1.10 bits per heavy atom. The molecule has 0 aliphatic heterocycles. The number of halogens is 5. The zero-order valence-electron chi connectivity index (χ0n) is 11.5. The zero-order chi connectivity index (χ0) is 16.8. The highest BCUT2D eigenvalue weighted by Gasteiger charge is 2.72. The molecular weight excluding hydrogens is 299 g/mol. The summed E-state index contributed by atoms with van der Waals surface area (Å²) in [5.74, 6) is -14.8. The maximum absolute atomic E-state index is 13.6. The second-order valence-electron chi connectivity index (χ2n) is 5.65. The van der Waals surface area contributed by atoms with Crippen molar-refractivity contribution in [3.63, 3.8) is 0 Å². The van der Waals surface area contributed by atoms with Gasteiger partial charge < -0.3 is 10.2 Å². The lowest BCUT2D eigenvalue weighted by Crippen LogP contribution is -2.63.